The summed E-state index contributed by atoms with van der Waals surface area (Å²) in [6.07, 6.45) is 3.71. The zero-order valence-corrected chi connectivity index (χ0v) is 25.3. The first kappa shape index (κ1) is 36.0. The van der Waals surface area contributed by atoms with E-state index in [9.17, 15) is 4.79 Å². The van der Waals surface area contributed by atoms with Crippen molar-refractivity contribution in [2.75, 3.05) is 7.05 Å². The molecule has 0 bridgehead atoms. The molecule has 0 heterocycles. The van der Waals surface area contributed by atoms with Gasteiger partial charge in [-0.05, 0) is 115 Å². The minimum atomic E-state index is -0.234. The van der Waals surface area contributed by atoms with Crippen LogP contribution in [-0.4, -0.2) is 17.9 Å². The van der Waals surface area contributed by atoms with E-state index in [2.05, 4.69) is 166 Å². The van der Waals surface area contributed by atoms with E-state index >= 15 is 0 Å². The molecule has 4 heteroatoms. The average Bonchev–Trinajstić information content (AvgIpc) is 3.07. The Morgan fingerprint density at radius 3 is 1.89 bits per heavy atom. The average molecular weight is 587 g/mol. The Balaban J connectivity index is 3.71. The monoisotopic (exact) mass is 586 g/mol. The smallest absolute Gasteiger partial charge is 0.251 e. The largest absolute Gasteiger partial charge is 0.448 e. The van der Waals surface area contributed by atoms with Gasteiger partial charge in [0.25, 0.3) is 5.91 Å². The molecule has 0 aromatic heterocycles. The molecule has 0 saturated heterocycles. The van der Waals surface area contributed by atoms with Crippen molar-refractivity contribution in [1.29, 1.82) is 0 Å². The molecule has 0 saturated carbocycles. The fraction of sp³-hybridized carbons (Fsp3) is 0.0952. The van der Waals surface area contributed by atoms with E-state index in [4.69, 9.17) is 4.74 Å². The zero-order valence-electron chi connectivity index (χ0n) is 25.3. The van der Waals surface area contributed by atoms with Crippen molar-refractivity contribution in [3.8, 4) is 136 Å². The van der Waals surface area contributed by atoms with Crippen molar-refractivity contribution in [1.82, 2.24) is 10.2 Å². The molecule has 46 heavy (non-hydrogen) atoms. The van der Waals surface area contributed by atoms with Crippen molar-refractivity contribution in [2.45, 2.75) is 20.3 Å². The normalized spacial score (nSPS) is 7.07. The van der Waals surface area contributed by atoms with Gasteiger partial charge in [0, 0.05) is 78.6 Å². The van der Waals surface area contributed by atoms with E-state index in [1.807, 2.05) is 0 Å². The van der Waals surface area contributed by atoms with E-state index in [1.165, 1.54) is 11.0 Å². The van der Waals surface area contributed by atoms with Crippen molar-refractivity contribution < 1.29 is 9.53 Å². The molecule has 0 aliphatic carbocycles. The molecular formula is C42H22N2O2. The number of ether oxygens (including phenoxy) is 1. The first-order valence-electron chi connectivity index (χ1n) is 13.0. The van der Waals surface area contributed by atoms with Gasteiger partial charge in [-0.3, -0.25) is 4.79 Å². The van der Waals surface area contributed by atoms with E-state index in [0.29, 0.717) is 17.7 Å². The van der Waals surface area contributed by atoms with Gasteiger partial charge in [-0.1, -0.05) is 29.6 Å². The third kappa shape index (κ3) is 17.0. The highest BCUT2D eigenvalue weighted by atomic mass is 16.5. The molecule has 0 fully saturated rings. The summed E-state index contributed by atoms with van der Waals surface area (Å²) in [6.45, 7) is 10.5. The lowest BCUT2D eigenvalue weighted by Gasteiger charge is -2.10. The van der Waals surface area contributed by atoms with Gasteiger partial charge in [0.15, 0.2) is 5.76 Å². The van der Waals surface area contributed by atoms with Crippen molar-refractivity contribution in [3.63, 3.8) is 0 Å². The maximum atomic E-state index is 11.9. The summed E-state index contributed by atoms with van der Waals surface area (Å²) in [6, 6.07) is 12.1. The summed E-state index contributed by atoms with van der Waals surface area (Å²) in [5.74, 6) is 53.1. The number of allylic oxidation sites excluding steroid dienone is 3. The Labute approximate surface area is 272 Å². The van der Waals surface area contributed by atoms with Gasteiger partial charge < -0.3 is 10.1 Å². The molecule has 0 atom stereocenters. The number of rotatable bonds is 6. The fourth-order valence-corrected chi connectivity index (χ4v) is 2.44. The zero-order chi connectivity index (χ0) is 33.5. The summed E-state index contributed by atoms with van der Waals surface area (Å²) in [4.78, 5) is 13.2. The third-order valence-electron chi connectivity index (χ3n) is 4.28. The minimum absolute atomic E-state index is 0.151. The minimum Gasteiger partial charge on any atom is -0.448 e. The highest BCUT2D eigenvalue weighted by Crippen LogP contribution is 2.17. The lowest BCUT2D eigenvalue weighted by molar-refractivity contribution is 0.0963. The van der Waals surface area contributed by atoms with Crippen LogP contribution >= 0.6 is 0 Å². The van der Waals surface area contributed by atoms with Crippen LogP contribution in [0.5, 0.6) is 5.75 Å². The number of hydrogen-bond acceptors (Lipinski definition) is 3. The second-order valence-electron chi connectivity index (χ2n) is 7.38. The quantitative estimate of drug-likeness (QED) is 0.136. The first-order valence-corrected chi connectivity index (χ1v) is 13.0. The number of nitrogens with one attached hydrogen (secondary N) is 1. The van der Waals surface area contributed by atoms with E-state index < -0.39 is 0 Å². The van der Waals surface area contributed by atoms with Crippen LogP contribution in [0, 0.1) is 130 Å². The number of carbonyl (C=O) groups is 1. The second kappa shape index (κ2) is 24.8. The predicted molar refractivity (Wildman–Crippen MR) is 182 cm³/mol. The van der Waals surface area contributed by atoms with Gasteiger partial charge in [0.05, 0.1) is 0 Å². The van der Waals surface area contributed by atoms with Gasteiger partial charge in [-0.15, -0.1) is 6.58 Å². The molecule has 1 amide bonds. The van der Waals surface area contributed by atoms with Crippen LogP contribution in [0.4, 0.5) is 0 Å². The Hall–Kier alpha value is -7.99. The van der Waals surface area contributed by atoms with Crippen molar-refractivity contribution in [3.05, 3.63) is 83.8 Å². The summed E-state index contributed by atoms with van der Waals surface area (Å²) < 4.78 is 5.99. The fourth-order valence-electron chi connectivity index (χ4n) is 2.44. The molecule has 0 spiro atoms. The molecule has 0 radical (unpaired) electrons. The molecule has 1 N–H and O–H groups in total. The SMILES string of the molecule is C=C=C=C=C(C=C(C#CC#CC)Oc1ccc(C(=O)NC)cc1)N(C#CC#CC#CC#CC#CC)C#CC#CC#CC#CCC=C. The molecule has 4 nitrogen and oxygen atoms in total. The van der Waals surface area contributed by atoms with Crippen molar-refractivity contribution in [2.24, 2.45) is 0 Å². The molecule has 212 valence electrons. The standard InChI is InChI=1S/C42H22N2O2/c1-6-10-14-16-18-20-22-24-27-35-44(36-28-25-23-21-19-17-15-11-7-2)39(29-13-9-4)37-41(30-26-12-8-3)46-40-33-31-38(32-34-40)42(45)43-5/h6,31-34,37H,1,4,10H2,2-3,5H3,(H,43,45). The van der Waals surface area contributed by atoms with Crippen LogP contribution in [0.15, 0.2) is 78.2 Å². The number of amides is 1. The van der Waals surface area contributed by atoms with Crippen molar-refractivity contribution >= 4 is 5.91 Å². The van der Waals surface area contributed by atoms with Gasteiger partial charge in [0.2, 0.25) is 0 Å². The van der Waals surface area contributed by atoms with Gasteiger partial charge in [-0.25, -0.2) is 4.90 Å². The predicted octanol–water partition coefficient (Wildman–Crippen LogP) is 4.16. The lowest BCUT2D eigenvalue weighted by Crippen LogP contribution is -2.17. The van der Waals surface area contributed by atoms with E-state index in [1.54, 1.807) is 51.2 Å². The highest BCUT2D eigenvalue weighted by Gasteiger charge is 2.08. The second-order valence-corrected chi connectivity index (χ2v) is 7.38. The molecular weight excluding hydrogens is 564 g/mol. The molecule has 0 aliphatic heterocycles. The van der Waals surface area contributed by atoms with Crippen LogP contribution in [0.1, 0.15) is 30.6 Å². The number of benzene rings is 1. The lowest BCUT2D eigenvalue weighted by atomic mass is 10.2. The molecule has 0 aliphatic rings. The topological polar surface area (TPSA) is 41.6 Å². The molecule has 1 aromatic carbocycles. The van der Waals surface area contributed by atoms with E-state index in [0.717, 1.165) is 0 Å². The highest BCUT2D eigenvalue weighted by molar-refractivity contribution is 5.94. The number of hydrogen-bond donors (Lipinski definition) is 1. The van der Waals surface area contributed by atoms with Gasteiger partial charge >= 0.3 is 0 Å². The molecule has 1 aromatic rings. The summed E-state index contributed by atoms with van der Waals surface area (Å²) >= 11 is 0. The van der Waals surface area contributed by atoms with Gasteiger partial charge in [0.1, 0.15) is 11.4 Å². The third-order valence-corrected chi connectivity index (χ3v) is 4.28. The van der Waals surface area contributed by atoms with Crippen LogP contribution in [0.2, 0.25) is 0 Å². The van der Waals surface area contributed by atoms with Crippen LogP contribution in [-0.2, 0) is 0 Å². The van der Waals surface area contributed by atoms with Crippen LogP contribution < -0.4 is 10.1 Å². The number of nitrogens with zero attached hydrogens (tertiary/aromatic N) is 1. The first-order chi connectivity index (χ1) is 22.6. The number of carbonyl (C=O) groups excluding carboxylic acids is 1. The maximum Gasteiger partial charge on any atom is 0.251 e. The van der Waals surface area contributed by atoms with Gasteiger partial charge in [-0.2, -0.15) is 0 Å². The molecule has 1 rings (SSSR count). The Morgan fingerprint density at radius 2 is 1.35 bits per heavy atom. The summed E-state index contributed by atoms with van der Waals surface area (Å²) in [7, 11) is 1.55. The maximum absolute atomic E-state index is 11.9. The van der Waals surface area contributed by atoms with Crippen LogP contribution in [0.25, 0.3) is 0 Å². The van der Waals surface area contributed by atoms with E-state index in [-0.39, 0.29) is 17.4 Å². The Kier molecular flexibility index (Phi) is 19.4. The molecule has 0 unspecified atom stereocenters. The summed E-state index contributed by atoms with van der Waals surface area (Å²) in [5, 5.41) is 2.57. The Morgan fingerprint density at radius 1 is 0.804 bits per heavy atom. The Bertz CT molecular complexity index is 2220. The van der Waals surface area contributed by atoms with Crippen LogP contribution in [0.3, 0.4) is 0 Å². The summed E-state index contributed by atoms with van der Waals surface area (Å²) in [5.41, 5.74) is 8.70.